The lowest BCUT2D eigenvalue weighted by atomic mass is 10.0. The summed E-state index contributed by atoms with van der Waals surface area (Å²) in [6, 6.07) is 18.8. The van der Waals surface area contributed by atoms with Crippen molar-refractivity contribution in [3.05, 3.63) is 79.1 Å². The van der Waals surface area contributed by atoms with E-state index in [-0.39, 0.29) is 5.75 Å². The van der Waals surface area contributed by atoms with Crippen molar-refractivity contribution in [2.24, 2.45) is 0 Å². The fourth-order valence-electron chi connectivity index (χ4n) is 3.44. The van der Waals surface area contributed by atoms with E-state index in [0.29, 0.717) is 40.6 Å². The maximum Gasteiger partial charge on any atom is 0.573 e. The average Bonchev–Trinajstić information content (AvgIpc) is 2.89. The lowest BCUT2D eigenvalue weighted by molar-refractivity contribution is -0.274. The molecule has 4 rings (SSSR count). The van der Waals surface area contributed by atoms with E-state index in [2.05, 4.69) is 20.0 Å². The monoisotopic (exact) mass is 496 g/mol. The van der Waals surface area contributed by atoms with E-state index in [9.17, 15) is 13.2 Å². The van der Waals surface area contributed by atoms with Gasteiger partial charge in [0.05, 0.1) is 12.2 Å². The molecule has 0 amide bonds. The van der Waals surface area contributed by atoms with Crippen molar-refractivity contribution in [2.45, 2.75) is 12.7 Å². The SMILES string of the molecule is COC(CNc1cc(-c2cncc(-c3ccc(OC(F)(F)F)cc3)c2)nc(-c2ccccc2)n1)OC. The zero-order chi connectivity index (χ0) is 25.5. The molecule has 0 spiro atoms. The Balaban J connectivity index is 1.67. The molecule has 7 nitrogen and oxygen atoms in total. The molecule has 2 aromatic heterocycles. The summed E-state index contributed by atoms with van der Waals surface area (Å²) in [6.07, 6.45) is -1.91. The second-order valence-electron chi connectivity index (χ2n) is 7.64. The Kier molecular flexibility index (Phi) is 7.77. The third-order valence-electron chi connectivity index (χ3n) is 5.19. The van der Waals surface area contributed by atoms with Crippen LogP contribution in [0, 0.1) is 0 Å². The van der Waals surface area contributed by atoms with Crippen LogP contribution in [0.25, 0.3) is 33.8 Å². The summed E-state index contributed by atoms with van der Waals surface area (Å²) in [4.78, 5) is 13.7. The Morgan fingerprint density at radius 2 is 1.50 bits per heavy atom. The van der Waals surface area contributed by atoms with Gasteiger partial charge in [-0.2, -0.15) is 0 Å². The Hall–Kier alpha value is -4.02. The fraction of sp³-hybridized carbons (Fsp3) is 0.192. The number of ether oxygens (including phenoxy) is 3. The lowest BCUT2D eigenvalue weighted by Crippen LogP contribution is -2.24. The van der Waals surface area contributed by atoms with E-state index in [1.807, 2.05) is 36.4 Å². The van der Waals surface area contributed by atoms with Crippen LogP contribution in [-0.4, -0.2) is 48.4 Å². The summed E-state index contributed by atoms with van der Waals surface area (Å²) in [5.41, 5.74) is 3.54. The Bertz CT molecular complexity index is 1280. The molecule has 2 heterocycles. The van der Waals surface area contributed by atoms with Gasteiger partial charge in [-0.25, -0.2) is 9.97 Å². The molecule has 186 valence electrons. The van der Waals surface area contributed by atoms with Gasteiger partial charge in [0.15, 0.2) is 12.1 Å². The predicted octanol–water partition coefficient (Wildman–Crippen LogP) is 5.80. The van der Waals surface area contributed by atoms with Crippen molar-refractivity contribution in [2.75, 3.05) is 26.1 Å². The molecule has 0 unspecified atom stereocenters. The summed E-state index contributed by atoms with van der Waals surface area (Å²) in [5.74, 6) is 0.790. The summed E-state index contributed by atoms with van der Waals surface area (Å²) >= 11 is 0. The van der Waals surface area contributed by atoms with E-state index in [1.54, 1.807) is 44.8 Å². The van der Waals surface area contributed by atoms with Gasteiger partial charge in [-0.05, 0) is 23.8 Å². The Morgan fingerprint density at radius 1 is 0.806 bits per heavy atom. The van der Waals surface area contributed by atoms with Gasteiger partial charge in [-0.1, -0.05) is 42.5 Å². The van der Waals surface area contributed by atoms with Crippen LogP contribution < -0.4 is 10.1 Å². The molecule has 0 aliphatic heterocycles. The van der Waals surface area contributed by atoms with E-state index in [4.69, 9.17) is 14.5 Å². The molecule has 0 saturated heterocycles. The number of hydrogen-bond donors (Lipinski definition) is 1. The number of hydrogen-bond acceptors (Lipinski definition) is 7. The third kappa shape index (κ3) is 6.55. The molecule has 0 atom stereocenters. The van der Waals surface area contributed by atoms with Crippen LogP contribution in [0.4, 0.5) is 19.0 Å². The highest BCUT2D eigenvalue weighted by Crippen LogP contribution is 2.30. The van der Waals surface area contributed by atoms with Gasteiger partial charge in [0, 0.05) is 49.4 Å². The number of nitrogens with zero attached hydrogens (tertiary/aromatic N) is 3. The van der Waals surface area contributed by atoms with Crippen LogP contribution in [0.5, 0.6) is 5.75 Å². The van der Waals surface area contributed by atoms with Gasteiger partial charge in [-0.3, -0.25) is 4.98 Å². The molecule has 0 saturated carbocycles. The van der Waals surface area contributed by atoms with Crippen LogP contribution in [0.3, 0.4) is 0 Å². The minimum Gasteiger partial charge on any atom is -0.406 e. The van der Waals surface area contributed by atoms with Gasteiger partial charge >= 0.3 is 6.36 Å². The second kappa shape index (κ2) is 11.1. The normalized spacial score (nSPS) is 11.5. The summed E-state index contributed by atoms with van der Waals surface area (Å²) in [7, 11) is 3.10. The highest BCUT2D eigenvalue weighted by atomic mass is 19.4. The van der Waals surface area contributed by atoms with Crippen molar-refractivity contribution >= 4 is 5.82 Å². The van der Waals surface area contributed by atoms with Crippen LogP contribution in [0.1, 0.15) is 0 Å². The number of methoxy groups -OCH3 is 2. The molecule has 36 heavy (non-hydrogen) atoms. The van der Waals surface area contributed by atoms with Crippen molar-refractivity contribution in [3.8, 4) is 39.5 Å². The largest absolute Gasteiger partial charge is 0.573 e. The highest BCUT2D eigenvalue weighted by molar-refractivity contribution is 5.73. The first-order valence-electron chi connectivity index (χ1n) is 10.9. The first-order valence-corrected chi connectivity index (χ1v) is 10.9. The molecule has 0 bridgehead atoms. The average molecular weight is 496 g/mol. The van der Waals surface area contributed by atoms with E-state index < -0.39 is 12.7 Å². The van der Waals surface area contributed by atoms with Crippen LogP contribution in [-0.2, 0) is 9.47 Å². The van der Waals surface area contributed by atoms with Crippen LogP contribution in [0.2, 0.25) is 0 Å². The predicted molar refractivity (Wildman–Crippen MR) is 129 cm³/mol. The number of halogens is 3. The third-order valence-corrected chi connectivity index (χ3v) is 5.19. The number of aromatic nitrogens is 3. The minimum absolute atomic E-state index is 0.292. The zero-order valence-corrected chi connectivity index (χ0v) is 19.5. The number of pyridine rings is 1. The number of benzene rings is 2. The van der Waals surface area contributed by atoms with E-state index in [0.717, 1.165) is 5.56 Å². The topological polar surface area (TPSA) is 78.4 Å². The van der Waals surface area contributed by atoms with Crippen molar-refractivity contribution in [1.29, 1.82) is 0 Å². The van der Waals surface area contributed by atoms with Crippen molar-refractivity contribution in [3.63, 3.8) is 0 Å². The van der Waals surface area contributed by atoms with Crippen molar-refractivity contribution in [1.82, 2.24) is 15.0 Å². The number of rotatable bonds is 9. The molecular weight excluding hydrogens is 473 g/mol. The number of alkyl halides is 3. The van der Waals surface area contributed by atoms with E-state index >= 15 is 0 Å². The fourth-order valence-corrected chi connectivity index (χ4v) is 3.44. The lowest BCUT2D eigenvalue weighted by Gasteiger charge is -2.15. The first-order chi connectivity index (χ1) is 17.3. The summed E-state index contributed by atoms with van der Waals surface area (Å²) < 4.78 is 51.8. The molecule has 0 fully saturated rings. The van der Waals surface area contributed by atoms with Gasteiger partial charge in [0.2, 0.25) is 0 Å². The quantitative estimate of drug-likeness (QED) is 0.293. The molecule has 0 radical (unpaired) electrons. The summed E-state index contributed by atoms with van der Waals surface area (Å²) in [5, 5.41) is 3.21. The number of nitrogens with one attached hydrogen (secondary N) is 1. The molecule has 0 aliphatic carbocycles. The second-order valence-corrected chi connectivity index (χ2v) is 7.64. The minimum atomic E-state index is -4.75. The maximum absolute atomic E-state index is 12.5. The molecule has 4 aromatic rings. The Labute approximate surface area is 205 Å². The first kappa shape index (κ1) is 25.1. The molecular formula is C26H23F3N4O3. The molecule has 10 heteroatoms. The van der Waals surface area contributed by atoms with Crippen LogP contribution >= 0.6 is 0 Å². The zero-order valence-electron chi connectivity index (χ0n) is 19.5. The van der Waals surface area contributed by atoms with Gasteiger partial charge in [0.25, 0.3) is 0 Å². The van der Waals surface area contributed by atoms with Crippen LogP contribution in [0.15, 0.2) is 79.1 Å². The maximum atomic E-state index is 12.5. The standard InChI is InChI=1S/C26H23F3N4O3/c1-34-24(35-2)16-31-23-13-22(32-25(33-23)18-6-4-3-5-7-18)20-12-19(14-30-15-20)17-8-10-21(11-9-17)36-26(27,28)29/h3-15,24H,16H2,1-2H3,(H,31,32,33). The molecule has 1 N–H and O–H groups in total. The smallest absolute Gasteiger partial charge is 0.406 e. The van der Waals surface area contributed by atoms with Crippen molar-refractivity contribution < 1.29 is 27.4 Å². The number of anilines is 1. The Morgan fingerprint density at radius 3 is 2.17 bits per heavy atom. The summed E-state index contributed by atoms with van der Waals surface area (Å²) in [6.45, 7) is 0.363. The van der Waals surface area contributed by atoms with Gasteiger partial charge < -0.3 is 19.5 Å². The van der Waals surface area contributed by atoms with E-state index in [1.165, 1.54) is 12.1 Å². The molecule has 0 aliphatic rings. The highest BCUT2D eigenvalue weighted by Gasteiger charge is 2.31. The van der Waals surface area contributed by atoms with Gasteiger partial charge in [-0.15, -0.1) is 13.2 Å². The van der Waals surface area contributed by atoms with Gasteiger partial charge in [0.1, 0.15) is 11.6 Å². The molecule has 2 aromatic carbocycles.